The largest absolute Gasteiger partial charge is 0.494 e. The summed E-state index contributed by atoms with van der Waals surface area (Å²) in [4.78, 5) is 144. The Kier molecular flexibility index (Phi) is 24.5. The van der Waals surface area contributed by atoms with E-state index in [1.807, 2.05) is 6.92 Å². The molecule has 0 saturated carbocycles. The summed E-state index contributed by atoms with van der Waals surface area (Å²) >= 11 is 0. The summed E-state index contributed by atoms with van der Waals surface area (Å²) in [5, 5.41) is 18.9. The fraction of sp³-hybridized carbons (Fsp3) is 0.558. The minimum atomic E-state index is -1.67. The van der Waals surface area contributed by atoms with E-state index in [2.05, 4.69) is 42.2 Å². The van der Waals surface area contributed by atoms with E-state index < -0.39 is 125 Å². The van der Waals surface area contributed by atoms with Gasteiger partial charge in [-0.05, 0) is 74.6 Å². The predicted molar refractivity (Wildman–Crippen MR) is 296 cm³/mol. The van der Waals surface area contributed by atoms with E-state index in [4.69, 9.17) is 32.4 Å². The summed E-state index contributed by atoms with van der Waals surface area (Å²) in [5.74, 6) is -8.14. The zero-order chi connectivity index (χ0) is 57.6. The lowest BCUT2D eigenvalue weighted by atomic mass is 9.94. The predicted octanol–water partition coefficient (Wildman–Crippen LogP) is -1.71. The summed E-state index contributed by atoms with van der Waals surface area (Å²) in [6, 6.07) is 6.59. The Balaban J connectivity index is 1.52. The minimum Gasteiger partial charge on any atom is -0.494 e. The highest BCUT2D eigenvalue weighted by Gasteiger charge is 2.43. The quantitative estimate of drug-likeness (QED) is 0.0323. The molecular formula is C52H75N13O12S2. The van der Waals surface area contributed by atoms with Crippen molar-refractivity contribution >= 4 is 86.6 Å². The Morgan fingerprint density at radius 3 is 2.08 bits per heavy atom. The van der Waals surface area contributed by atoms with Gasteiger partial charge in [0.1, 0.15) is 48.0 Å². The van der Waals surface area contributed by atoms with Crippen molar-refractivity contribution in [2.75, 3.05) is 45.2 Å². The van der Waals surface area contributed by atoms with Gasteiger partial charge < -0.3 is 74.5 Å². The normalized spacial score (nSPS) is 22.9. The monoisotopic (exact) mass is 1140 g/mol. The van der Waals surface area contributed by atoms with Crippen LogP contribution in [0.5, 0.6) is 5.75 Å². The summed E-state index contributed by atoms with van der Waals surface area (Å²) in [6.45, 7) is 5.77. The molecule has 432 valence electrons. The second kappa shape index (κ2) is 30.9. The number of carbonyl (C=O) groups is 10. The molecule has 2 aromatic rings. The first-order valence-electron chi connectivity index (χ1n) is 26.3. The van der Waals surface area contributed by atoms with Crippen LogP contribution in [-0.2, 0) is 65.5 Å². The van der Waals surface area contributed by atoms with E-state index in [9.17, 15) is 47.9 Å². The summed E-state index contributed by atoms with van der Waals surface area (Å²) in [6.07, 6.45) is 0.669. The van der Waals surface area contributed by atoms with E-state index in [-0.39, 0.29) is 76.5 Å². The lowest BCUT2D eigenvalue weighted by Crippen LogP contribution is -2.61. The van der Waals surface area contributed by atoms with Crippen molar-refractivity contribution in [3.05, 3.63) is 65.7 Å². The van der Waals surface area contributed by atoms with E-state index in [1.165, 1.54) is 15.7 Å². The first-order chi connectivity index (χ1) is 37.7. The van der Waals surface area contributed by atoms with E-state index >= 15 is 0 Å². The molecule has 3 saturated heterocycles. The number of primary amides is 2. The van der Waals surface area contributed by atoms with Crippen molar-refractivity contribution in [2.24, 2.45) is 33.8 Å². The third kappa shape index (κ3) is 19.9. The van der Waals surface area contributed by atoms with Gasteiger partial charge in [-0.3, -0.25) is 52.9 Å². The maximum Gasteiger partial charge on any atom is 0.246 e. The molecule has 3 aliphatic heterocycles. The fourth-order valence-electron chi connectivity index (χ4n) is 9.21. The Bertz CT molecular complexity index is 2500. The second-order valence-corrected chi connectivity index (χ2v) is 22.7. The number of hydrogen-bond donors (Lipinski definition) is 11. The molecule has 15 N–H and O–H groups in total. The summed E-state index contributed by atoms with van der Waals surface area (Å²) < 4.78 is 10.5. The summed E-state index contributed by atoms with van der Waals surface area (Å²) in [5.41, 5.74) is 23.2. The molecule has 0 bridgehead atoms. The number of ether oxygens (including phenoxy) is 2. The van der Waals surface area contributed by atoms with Gasteiger partial charge in [-0.25, -0.2) is 0 Å². The molecule has 0 radical (unpaired) electrons. The van der Waals surface area contributed by atoms with Gasteiger partial charge >= 0.3 is 0 Å². The maximum atomic E-state index is 14.9. The highest BCUT2D eigenvalue weighted by Crippen LogP contribution is 2.46. The number of rotatable bonds is 19. The Morgan fingerprint density at radius 1 is 0.810 bits per heavy atom. The van der Waals surface area contributed by atoms with E-state index in [0.29, 0.717) is 42.7 Å². The molecule has 3 fully saturated rings. The van der Waals surface area contributed by atoms with Gasteiger partial charge in [0.25, 0.3) is 0 Å². The molecule has 3 heterocycles. The smallest absolute Gasteiger partial charge is 0.246 e. The van der Waals surface area contributed by atoms with Gasteiger partial charge in [-0.2, -0.15) is 0 Å². The van der Waals surface area contributed by atoms with Crippen LogP contribution in [0.15, 0.2) is 59.6 Å². The molecule has 1 spiro atoms. The minimum absolute atomic E-state index is 0.0154. The molecular weight excluding hydrogens is 1060 g/mol. The van der Waals surface area contributed by atoms with Crippen molar-refractivity contribution in [1.82, 2.24) is 42.1 Å². The van der Waals surface area contributed by atoms with Crippen LogP contribution < -0.4 is 64.9 Å². The number of guanidine groups is 1. The van der Waals surface area contributed by atoms with Crippen LogP contribution in [0, 0.1) is 5.92 Å². The second-order valence-electron chi connectivity index (χ2n) is 19.9. The fourth-order valence-corrected chi connectivity index (χ4v) is 12.5. The van der Waals surface area contributed by atoms with Crippen LogP contribution in [0.1, 0.15) is 83.3 Å². The number of nitrogens with one attached hydrogen (secondary N) is 7. The number of hydrogen-bond acceptors (Lipinski definition) is 15. The molecule has 7 atom stereocenters. The highest BCUT2D eigenvalue weighted by molar-refractivity contribution is 8.77. The molecule has 3 aliphatic rings. The van der Waals surface area contributed by atoms with Crippen LogP contribution >= 0.6 is 21.6 Å². The van der Waals surface area contributed by atoms with Crippen molar-refractivity contribution in [3.8, 4) is 5.75 Å². The molecule has 0 aromatic heterocycles. The number of likely N-dealkylation sites (tertiary alicyclic amines) is 1. The lowest BCUT2D eigenvalue weighted by Gasteiger charge is -2.36. The zero-order valence-electron chi connectivity index (χ0n) is 44.8. The van der Waals surface area contributed by atoms with Gasteiger partial charge in [-0.1, -0.05) is 77.9 Å². The summed E-state index contributed by atoms with van der Waals surface area (Å²) in [7, 11) is 2.45. The molecule has 5 rings (SSSR count). The number of aliphatic imine (C=N–C) groups is 1. The van der Waals surface area contributed by atoms with Crippen LogP contribution in [0.2, 0.25) is 0 Å². The van der Waals surface area contributed by atoms with Crippen molar-refractivity contribution in [1.29, 1.82) is 0 Å². The standard InChI is InChI=1S/C52H75N13O12S2/c1-4-77-33-16-14-32(15-17-33)25-35-45(70)61-36(24-31-10-6-5-7-11-31)47(72)64-43(30(2)3)49(74)62-37(26-40(53)66)46(71)63-38(29-78-79-52(27-42(68)59-35)18-22-76-23-19-52)50(75)65-21-9-13-39(65)48(73)60-34(12-8-20-57-51(55)56)44(69)58-28-41(54)67/h5-7,10-11,14-17,30,34-39,43H,4,8-9,12-13,18-29H2,1-3H3,(H2,53,66)(H2,54,67)(H,58,69)(H,59,68)(H,60,73)(H,61,70)(H,62,74)(H,63,71)(H,64,72)(H4,55,56,57)/t34-,35+,36+,37-,38+,39-,43-/m0/s1. The van der Waals surface area contributed by atoms with Gasteiger partial charge in [-0.15, -0.1) is 0 Å². The van der Waals surface area contributed by atoms with Crippen LogP contribution in [-0.4, -0.2) is 162 Å². The van der Waals surface area contributed by atoms with Crippen LogP contribution in [0.25, 0.3) is 0 Å². The average Bonchev–Trinajstić information content (AvgIpc) is 3.91. The molecule has 0 unspecified atom stereocenters. The lowest BCUT2D eigenvalue weighted by molar-refractivity contribution is -0.142. The molecule has 0 aliphatic carbocycles. The van der Waals surface area contributed by atoms with Crippen molar-refractivity contribution in [2.45, 2.75) is 132 Å². The van der Waals surface area contributed by atoms with Crippen molar-refractivity contribution in [3.63, 3.8) is 0 Å². The van der Waals surface area contributed by atoms with Crippen LogP contribution in [0.4, 0.5) is 0 Å². The number of amides is 10. The van der Waals surface area contributed by atoms with E-state index in [0.717, 1.165) is 10.8 Å². The SMILES string of the molecule is CCOc1ccc(C[C@H]2NC(=O)CC3(CCOCC3)SSC[C@H](C(=O)N3CCC[C@H]3C(=O)N[C@@H](CCCN=C(N)N)C(=O)NCC(N)=O)NC(=O)[C@H](CC(N)=O)NC(=O)[C@H](C(C)C)NC(=O)[C@@H](Cc3ccccc3)NC2=O)cc1. The van der Waals surface area contributed by atoms with Gasteiger partial charge in [0.15, 0.2) is 5.96 Å². The Hall–Kier alpha value is -7.13. The van der Waals surface area contributed by atoms with Crippen LogP contribution in [0.3, 0.4) is 0 Å². The molecule has 79 heavy (non-hydrogen) atoms. The van der Waals surface area contributed by atoms with E-state index in [1.54, 1.807) is 68.4 Å². The first kappa shape index (κ1) is 62.7. The average molecular weight is 1140 g/mol. The highest BCUT2D eigenvalue weighted by atomic mass is 33.1. The number of nitrogens with zero attached hydrogens (tertiary/aromatic N) is 2. The zero-order valence-corrected chi connectivity index (χ0v) is 46.4. The van der Waals surface area contributed by atoms with Gasteiger partial charge in [0.2, 0.25) is 59.1 Å². The third-order valence-corrected chi connectivity index (χ3v) is 16.7. The Labute approximate surface area is 466 Å². The first-order valence-corrected chi connectivity index (χ1v) is 28.6. The Morgan fingerprint density at radius 2 is 1.44 bits per heavy atom. The number of benzene rings is 2. The molecule has 10 amide bonds. The number of nitrogens with two attached hydrogens (primary N) is 4. The van der Waals surface area contributed by atoms with Crippen molar-refractivity contribution < 1.29 is 57.4 Å². The topological polar surface area (TPSA) is 393 Å². The molecule has 25 nitrogen and oxygen atoms in total. The third-order valence-electron chi connectivity index (χ3n) is 13.4. The number of carbonyl (C=O) groups excluding carboxylic acids is 10. The molecule has 2 aromatic carbocycles. The maximum absolute atomic E-state index is 14.9. The van der Waals surface area contributed by atoms with Gasteiger partial charge in [0, 0.05) is 56.1 Å². The van der Waals surface area contributed by atoms with Gasteiger partial charge in [0.05, 0.1) is 19.6 Å². The molecule has 27 heteroatoms.